The molecule has 0 unspecified atom stereocenters. The summed E-state index contributed by atoms with van der Waals surface area (Å²) in [5.74, 6) is 0. The van der Waals surface area contributed by atoms with E-state index >= 15 is 0 Å². The average Bonchev–Trinajstić information content (AvgIpc) is 1.96. The van der Waals surface area contributed by atoms with Crippen molar-refractivity contribution >= 4 is 13.5 Å². The molecule has 0 bridgehead atoms. The predicted octanol–water partition coefficient (Wildman–Crippen LogP) is 2.94. The number of carbonyl (C=O) groups excluding carboxylic acids is 1. The van der Waals surface area contributed by atoms with Crippen molar-refractivity contribution in [2.45, 2.75) is 39.4 Å². The Hall–Kier alpha value is -0.593. The van der Waals surface area contributed by atoms with Gasteiger partial charge >= 0.3 is 0 Å². The van der Waals surface area contributed by atoms with Crippen molar-refractivity contribution in [3.05, 3.63) is 17.9 Å². The lowest BCUT2D eigenvalue weighted by Crippen LogP contribution is -2.31. The van der Waals surface area contributed by atoms with Gasteiger partial charge in [0.25, 0.3) is 0 Å². The molecule has 0 spiro atoms. The zero-order valence-corrected chi connectivity index (χ0v) is 9.48. The van der Waals surface area contributed by atoms with E-state index in [2.05, 4.69) is 12.7 Å². The van der Waals surface area contributed by atoms with Crippen LogP contribution in [0.25, 0.3) is 0 Å². The zero-order valence-electron chi connectivity index (χ0n) is 8.48. The van der Waals surface area contributed by atoms with Gasteiger partial charge in [-0.1, -0.05) is 33.0 Å². The van der Waals surface area contributed by atoms with Crippen LogP contribution in [-0.2, 0) is 4.79 Å². The third kappa shape index (κ3) is 5.11. The molecule has 0 atom stereocenters. The van der Waals surface area contributed by atoms with Crippen molar-refractivity contribution in [2.24, 2.45) is 0 Å². The van der Waals surface area contributed by atoms with Gasteiger partial charge in [-0.15, -0.1) is 5.73 Å². The van der Waals surface area contributed by atoms with Crippen LogP contribution in [0.3, 0.4) is 0 Å². The fraction of sp³-hybridized carbons (Fsp3) is 0.600. The van der Waals surface area contributed by atoms with Crippen LogP contribution in [-0.4, -0.2) is 13.5 Å². The molecule has 0 radical (unpaired) electrons. The minimum absolute atomic E-state index is 0.273. The number of carbonyl (C=O) groups is 1. The van der Waals surface area contributed by atoms with Gasteiger partial charge in [-0.25, -0.2) is 0 Å². The summed E-state index contributed by atoms with van der Waals surface area (Å²) in [5.41, 5.74) is 2.93. The van der Waals surface area contributed by atoms with E-state index in [0.29, 0.717) is 0 Å². The maximum Gasteiger partial charge on any atom is 0.140 e. The number of hydrogen-bond acceptors (Lipinski definition) is 1. The van der Waals surface area contributed by atoms with Gasteiger partial charge in [-0.05, 0) is 12.5 Å². The summed E-state index contributed by atoms with van der Waals surface area (Å²) in [4.78, 5) is 11.4. The van der Waals surface area contributed by atoms with Gasteiger partial charge in [-0.2, -0.15) is 0 Å². The fourth-order valence-electron chi connectivity index (χ4n) is 0.579. The van der Waals surface area contributed by atoms with Gasteiger partial charge < -0.3 is 4.79 Å². The number of hydrogen-bond donors (Lipinski definition) is 0. The molecule has 68 valence electrons. The highest BCUT2D eigenvalue weighted by Crippen LogP contribution is 2.02. The van der Waals surface area contributed by atoms with Crippen molar-refractivity contribution < 1.29 is 4.79 Å². The van der Waals surface area contributed by atoms with Crippen LogP contribution >= 0.6 is 0 Å². The van der Waals surface area contributed by atoms with Crippen LogP contribution in [0.5, 0.6) is 0 Å². The molecule has 1 nitrogen and oxygen atoms in total. The van der Waals surface area contributed by atoms with Crippen molar-refractivity contribution in [1.29, 1.82) is 0 Å². The lowest BCUT2D eigenvalue weighted by molar-refractivity contribution is -0.108. The van der Waals surface area contributed by atoms with Crippen molar-refractivity contribution in [1.82, 2.24) is 0 Å². The molecule has 0 aromatic rings. The normalized spacial score (nSPS) is 10.3. The first-order chi connectivity index (χ1) is 5.48. The molecule has 2 heteroatoms. The first kappa shape index (κ1) is 11.4. The largest absolute Gasteiger partial charge is 0.300 e. The second-order valence-corrected chi connectivity index (χ2v) is 8.91. The fourth-order valence-corrected chi connectivity index (χ4v) is 1.10. The third-order valence-electron chi connectivity index (χ3n) is 1.50. The van der Waals surface area contributed by atoms with Crippen LogP contribution in [0.2, 0.25) is 19.6 Å². The summed E-state index contributed by atoms with van der Waals surface area (Å²) in [7, 11) is -1.60. The molecular formula is C10H18OSi. The van der Waals surface area contributed by atoms with Gasteiger partial charge in [0, 0.05) is 6.08 Å². The van der Waals surface area contributed by atoms with Gasteiger partial charge in [-0.3, -0.25) is 0 Å². The summed E-state index contributed by atoms with van der Waals surface area (Å²) in [6.45, 7) is 8.26. The molecule has 0 heterocycles. The molecule has 0 aliphatic heterocycles. The van der Waals surface area contributed by atoms with Crippen molar-refractivity contribution in [3.63, 3.8) is 0 Å². The van der Waals surface area contributed by atoms with Gasteiger partial charge in [0.2, 0.25) is 0 Å². The number of rotatable bonds is 4. The summed E-state index contributed by atoms with van der Waals surface area (Å²) in [5, 5.41) is 0.273. The topological polar surface area (TPSA) is 17.1 Å². The highest BCUT2D eigenvalue weighted by atomic mass is 28.3. The molecule has 0 rings (SSSR count). The van der Waals surface area contributed by atoms with E-state index in [0.717, 1.165) is 12.8 Å². The molecule has 0 aliphatic carbocycles. The Morgan fingerprint density at radius 3 is 2.42 bits per heavy atom. The van der Waals surface area contributed by atoms with E-state index in [1.54, 1.807) is 6.08 Å². The lowest BCUT2D eigenvalue weighted by atomic mass is 10.3. The molecule has 0 saturated carbocycles. The molecule has 0 saturated heterocycles. The second kappa shape index (κ2) is 5.12. The van der Waals surface area contributed by atoms with Crippen molar-refractivity contribution in [2.75, 3.05) is 0 Å². The summed E-state index contributed by atoms with van der Waals surface area (Å²) < 4.78 is 0. The predicted molar refractivity (Wildman–Crippen MR) is 55.9 cm³/mol. The Labute approximate surface area is 76.2 Å². The number of unbranched alkanes of at least 4 members (excludes halogenated alkanes) is 1. The highest BCUT2D eigenvalue weighted by Gasteiger charge is 2.20. The van der Waals surface area contributed by atoms with E-state index < -0.39 is 8.07 Å². The van der Waals surface area contributed by atoms with Crippen LogP contribution < -0.4 is 0 Å². The maximum absolute atomic E-state index is 11.4. The average molecular weight is 182 g/mol. The molecule has 0 N–H and O–H groups in total. The molecule has 12 heavy (non-hydrogen) atoms. The van der Waals surface area contributed by atoms with Gasteiger partial charge in [0.05, 0.1) is 0 Å². The standard InChI is InChI=1S/C10H18OSi/c1-5-6-7-8-9-10(11)12(2,3)4/h7,9H,5-6H2,1-4H3. The third-order valence-corrected chi connectivity index (χ3v) is 3.13. The quantitative estimate of drug-likeness (QED) is 0.371. The van der Waals surface area contributed by atoms with Crippen LogP contribution in [0.4, 0.5) is 0 Å². The number of allylic oxidation sites excluding steroid dienone is 1. The van der Waals surface area contributed by atoms with E-state index in [-0.39, 0.29) is 5.41 Å². The van der Waals surface area contributed by atoms with E-state index in [4.69, 9.17) is 0 Å². The Bertz CT molecular complexity index is 204. The monoisotopic (exact) mass is 182 g/mol. The molecule has 0 aliphatic rings. The summed E-state index contributed by atoms with van der Waals surface area (Å²) >= 11 is 0. The smallest absolute Gasteiger partial charge is 0.140 e. The minimum Gasteiger partial charge on any atom is -0.300 e. The minimum atomic E-state index is -1.60. The van der Waals surface area contributed by atoms with Crippen LogP contribution in [0, 0.1) is 0 Å². The van der Waals surface area contributed by atoms with Gasteiger partial charge in [0.15, 0.2) is 0 Å². The molecule has 0 aromatic heterocycles. The SMILES string of the molecule is CCCC=C=CC(=O)[Si](C)(C)C. The zero-order chi connectivity index (χ0) is 9.61. The second-order valence-electron chi connectivity index (χ2n) is 3.92. The molecule has 0 amide bonds. The first-order valence-corrected chi connectivity index (χ1v) is 7.94. The van der Waals surface area contributed by atoms with Crippen molar-refractivity contribution in [3.8, 4) is 0 Å². The highest BCUT2D eigenvalue weighted by molar-refractivity contribution is 7.04. The lowest BCUT2D eigenvalue weighted by Gasteiger charge is -2.08. The Balaban J connectivity index is 4.09. The Morgan fingerprint density at radius 2 is 2.00 bits per heavy atom. The summed E-state index contributed by atoms with van der Waals surface area (Å²) in [6.07, 6.45) is 5.65. The van der Waals surface area contributed by atoms with Crippen LogP contribution in [0.15, 0.2) is 17.9 Å². The summed E-state index contributed by atoms with van der Waals surface area (Å²) in [6, 6.07) is 0. The first-order valence-electron chi connectivity index (χ1n) is 4.44. The Kier molecular flexibility index (Phi) is 4.87. The molecule has 0 fully saturated rings. The Morgan fingerprint density at radius 1 is 1.42 bits per heavy atom. The maximum atomic E-state index is 11.4. The molecular weight excluding hydrogens is 164 g/mol. The van der Waals surface area contributed by atoms with Crippen LogP contribution in [0.1, 0.15) is 19.8 Å². The van der Waals surface area contributed by atoms with E-state index in [1.807, 2.05) is 25.7 Å². The molecule has 0 aromatic carbocycles. The van der Waals surface area contributed by atoms with Gasteiger partial charge in [0.1, 0.15) is 13.5 Å². The van der Waals surface area contributed by atoms with E-state index in [1.165, 1.54) is 0 Å². The van der Waals surface area contributed by atoms with E-state index in [9.17, 15) is 4.79 Å².